The van der Waals surface area contributed by atoms with Crippen LogP contribution >= 0.6 is 0 Å². The number of H-pyrrole nitrogens is 1. The van der Waals surface area contributed by atoms with E-state index in [1.165, 1.54) is 0 Å². The van der Waals surface area contributed by atoms with Crippen LogP contribution in [0.2, 0.25) is 0 Å². The summed E-state index contributed by atoms with van der Waals surface area (Å²) >= 11 is 0. The maximum atomic E-state index is 8.90. The predicted molar refractivity (Wildman–Crippen MR) is 75.0 cm³/mol. The fourth-order valence-electron chi connectivity index (χ4n) is 2.13. The number of hydrogen-bond donors (Lipinski definition) is 1. The number of benzene rings is 2. The molecule has 2 aromatic carbocycles. The Hall–Kier alpha value is -2.73. The van der Waals surface area contributed by atoms with Crippen LogP contribution in [0.25, 0.3) is 22.2 Å². The van der Waals surface area contributed by atoms with E-state index in [9.17, 15) is 0 Å². The summed E-state index contributed by atoms with van der Waals surface area (Å²) in [5.41, 5.74) is 3.83. The number of hydrogen-bond acceptors (Lipinski definition) is 2. The minimum Gasteiger partial charge on any atom is -0.497 e. The van der Waals surface area contributed by atoms with Crippen LogP contribution in [-0.2, 0) is 0 Å². The Labute approximate surface area is 111 Å². The van der Waals surface area contributed by atoms with Crippen molar-refractivity contribution in [2.75, 3.05) is 7.11 Å². The van der Waals surface area contributed by atoms with Crippen LogP contribution in [0, 0.1) is 11.3 Å². The fourth-order valence-corrected chi connectivity index (χ4v) is 2.13. The van der Waals surface area contributed by atoms with Gasteiger partial charge in [-0.2, -0.15) is 5.26 Å². The molecule has 0 aliphatic heterocycles. The molecule has 0 aliphatic rings. The second-order valence-electron chi connectivity index (χ2n) is 4.33. The third kappa shape index (κ3) is 2.04. The van der Waals surface area contributed by atoms with E-state index in [1.54, 1.807) is 7.11 Å². The lowest BCUT2D eigenvalue weighted by Gasteiger charge is -2.01. The summed E-state index contributed by atoms with van der Waals surface area (Å²) < 4.78 is 5.15. The maximum Gasteiger partial charge on any atom is 0.118 e. The molecule has 0 fully saturated rings. The lowest BCUT2D eigenvalue weighted by atomic mass is 10.1. The van der Waals surface area contributed by atoms with Gasteiger partial charge in [-0.1, -0.05) is 0 Å². The van der Waals surface area contributed by atoms with Crippen molar-refractivity contribution in [2.45, 2.75) is 0 Å². The number of methoxy groups -OCH3 is 1. The van der Waals surface area contributed by atoms with Gasteiger partial charge in [0.1, 0.15) is 5.75 Å². The fraction of sp³-hybridized carbons (Fsp3) is 0.0625. The maximum absolute atomic E-state index is 8.90. The molecule has 3 aromatic rings. The molecule has 19 heavy (non-hydrogen) atoms. The SMILES string of the molecule is COc1ccc(-c2cc3cc(C#N)ccc3[nH]2)cc1. The summed E-state index contributed by atoms with van der Waals surface area (Å²) in [5.74, 6) is 0.839. The second kappa shape index (κ2) is 4.51. The van der Waals surface area contributed by atoms with Crippen LogP contribution in [0.1, 0.15) is 5.56 Å². The Morgan fingerprint density at radius 2 is 1.84 bits per heavy atom. The average molecular weight is 248 g/mol. The van der Waals surface area contributed by atoms with Gasteiger partial charge in [0, 0.05) is 16.6 Å². The quantitative estimate of drug-likeness (QED) is 0.751. The van der Waals surface area contributed by atoms with Crippen LogP contribution in [0.4, 0.5) is 0 Å². The van der Waals surface area contributed by atoms with Gasteiger partial charge in [-0.05, 0) is 54.1 Å². The van der Waals surface area contributed by atoms with Crippen LogP contribution in [-0.4, -0.2) is 12.1 Å². The van der Waals surface area contributed by atoms with Crippen molar-refractivity contribution in [1.29, 1.82) is 5.26 Å². The molecular weight excluding hydrogens is 236 g/mol. The molecule has 0 saturated heterocycles. The summed E-state index contributed by atoms with van der Waals surface area (Å²) in [5, 5.41) is 9.95. The van der Waals surface area contributed by atoms with E-state index in [2.05, 4.69) is 17.1 Å². The van der Waals surface area contributed by atoms with E-state index >= 15 is 0 Å². The molecule has 0 unspecified atom stereocenters. The topological polar surface area (TPSA) is 48.8 Å². The summed E-state index contributed by atoms with van der Waals surface area (Å²) in [6.45, 7) is 0. The zero-order chi connectivity index (χ0) is 13.2. The van der Waals surface area contributed by atoms with E-state index in [-0.39, 0.29) is 0 Å². The lowest BCUT2D eigenvalue weighted by Crippen LogP contribution is -1.82. The number of rotatable bonds is 2. The number of fused-ring (bicyclic) bond motifs is 1. The van der Waals surface area contributed by atoms with E-state index in [1.807, 2.05) is 42.5 Å². The van der Waals surface area contributed by atoms with Crippen molar-refractivity contribution in [1.82, 2.24) is 4.98 Å². The van der Waals surface area contributed by atoms with E-state index in [0.29, 0.717) is 5.56 Å². The smallest absolute Gasteiger partial charge is 0.118 e. The number of nitrogens with one attached hydrogen (secondary N) is 1. The van der Waals surface area contributed by atoms with Crippen LogP contribution in [0.15, 0.2) is 48.5 Å². The Morgan fingerprint density at radius 1 is 1.05 bits per heavy atom. The molecule has 0 saturated carbocycles. The molecule has 92 valence electrons. The van der Waals surface area contributed by atoms with E-state index in [0.717, 1.165) is 27.9 Å². The summed E-state index contributed by atoms with van der Waals surface area (Å²) in [7, 11) is 1.65. The zero-order valence-corrected chi connectivity index (χ0v) is 10.5. The van der Waals surface area contributed by atoms with E-state index in [4.69, 9.17) is 10.00 Å². The molecule has 0 amide bonds. The Kier molecular flexibility index (Phi) is 2.70. The van der Waals surface area contributed by atoms with Gasteiger partial charge in [-0.25, -0.2) is 0 Å². The Morgan fingerprint density at radius 3 is 2.53 bits per heavy atom. The highest BCUT2D eigenvalue weighted by atomic mass is 16.5. The Balaban J connectivity index is 2.07. The molecule has 0 aliphatic carbocycles. The van der Waals surface area contributed by atoms with Crippen molar-refractivity contribution in [3.63, 3.8) is 0 Å². The molecule has 1 N–H and O–H groups in total. The first-order valence-electron chi connectivity index (χ1n) is 5.97. The summed E-state index contributed by atoms with van der Waals surface area (Å²) in [4.78, 5) is 3.35. The van der Waals surface area contributed by atoms with Gasteiger partial charge >= 0.3 is 0 Å². The number of aromatic nitrogens is 1. The van der Waals surface area contributed by atoms with Crippen molar-refractivity contribution < 1.29 is 4.74 Å². The molecule has 3 nitrogen and oxygen atoms in total. The number of aromatic amines is 1. The zero-order valence-electron chi connectivity index (χ0n) is 10.5. The van der Waals surface area contributed by atoms with Gasteiger partial charge in [0.25, 0.3) is 0 Å². The largest absolute Gasteiger partial charge is 0.497 e. The molecule has 0 bridgehead atoms. The molecular formula is C16H12N2O. The lowest BCUT2D eigenvalue weighted by molar-refractivity contribution is 0.415. The van der Waals surface area contributed by atoms with Gasteiger partial charge in [-0.3, -0.25) is 0 Å². The van der Waals surface area contributed by atoms with Crippen LogP contribution < -0.4 is 4.74 Å². The van der Waals surface area contributed by atoms with Crippen LogP contribution in [0.5, 0.6) is 5.75 Å². The number of nitriles is 1. The minimum absolute atomic E-state index is 0.674. The summed E-state index contributed by atoms with van der Waals surface area (Å²) in [6, 6.07) is 17.7. The number of nitrogens with zero attached hydrogens (tertiary/aromatic N) is 1. The van der Waals surface area contributed by atoms with Gasteiger partial charge in [0.2, 0.25) is 0 Å². The van der Waals surface area contributed by atoms with E-state index < -0.39 is 0 Å². The van der Waals surface area contributed by atoms with Crippen molar-refractivity contribution in [3.05, 3.63) is 54.1 Å². The third-order valence-electron chi connectivity index (χ3n) is 3.15. The van der Waals surface area contributed by atoms with Gasteiger partial charge < -0.3 is 9.72 Å². The number of ether oxygens (including phenoxy) is 1. The highest BCUT2D eigenvalue weighted by molar-refractivity contribution is 5.86. The van der Waals surface area contributed by atoms with Crippen molar-refractivity contribution in [2.24, 2.45) is 0 Å². The third-order valence-corrected chi connectivity index (χ3v) is 3.15. The minimum atomic E-state index is 0.674. The molecule has 0 radical (unpaired) electrons. The highest BCUT2D eigenvalue weighted by Gasteiger charge is 2.04. The summed E-state index contributed by atoms with van der Waals surface area (Å²) in [6.07, 6.45) is 0. The normalized spacial score (nSPS) is 10.3. The van der Waals surface area contributed by atoms with Crippen molar-refractivity contribution in [3.8, 4) is 23.1 Å². The Bertz CT molecular complexity index is 764. The standard InChI is InChI=1S/C16H12N2O/c1-19-14-5-3-12(4-6-14)16-9-13-8-11(10-17)2-7-15(13)18-16/h2-9,18H,1H3. The molecule has 1 heterocycles. The van der Waals surface area contributed by atoms with Gasteiger partial charge in [0.15, 0.2) is 0 Å². The molecule has 0 atom stereocenters. The molecule has 0 spiro atoms. The second-order valence-corrected chi connectivity index (χ2v) is 4.33. The highest BCUT2D eigenvalue weighted by Crippen LogP contribution is 2.26. The van der Waals surface area contributed by atoms with Crippen LogP contribution in [0.3, 0.4) is 0 Å². The first-order chi connectivity index (χ1) is 9.30. The van der Waals surface area contributed by atoms with Gasteiger partial charge in [-0.15, -0.1) is 0 Å². The first-order valence-corrected chi connectivity index (χ1v) is 5.97. The average Bonchev–Trinajstić information content (AvgIpc) is 2.90. The molecule has 1 aromatic heterocycles. The predicted octanol–water partition coefficient (Wildman–Crippen LogP) is 3.72. The molecule has 3 heteroatoms. The van der Waals surface area contributed by atoms with Gasteiger partial charge in [0.05, 0.1) is 18.7 Å². The molecule has 3 rings (SSSR count). The first kappa shape index (κ1) is 11.4. The monoisotopic (exact) mass is 248 g/mol. The van der Waals surface area contributed by atoms with Crippen molar-refractivity contribution >= 4 is 10.9 Å².